The van der Waals surface area contributed by atoms with Crippen molar-refractivity contribution in [1.29, 1.82) is 0 Å². The van der Waals surface area contributed by atoms with Gasteiger partial charge in [-0.1, -0.05) is 15.9 Å². The second kappa shape index (κ2) is 6.35. The maximum Gasteiger partial charge on any atom is 0.270 e. The zero-order valence-corrected chi connectivity index (χ0v) is 12.9. The fraction of sp³-hybridized carbons (Fsp3) is 0.500. The Hall–Kier alpha value is -1.43. The summed E-state index contributed by atoms with van der Waals surface area (Å²) in [5.41, 5.74) is 1.11. The molecule has 1 amide bonds. The van der Waals surface area contributed by atoms with Crippen molar-refractivity contribution in [1.82, 2.24) is 4.90 Å². The Kier molecular flexibility index (Phi) is 4.75. The average molecular weight is 341 g/mol. The summed E-state index contributed by atoms with van der Waals surface area (Å²) in [6.45, 7) is 2.40. The molecule has 0 bridgehead atoms. The molecule has 108 valence electrons. The van der Waals surface area contributed by atoms with Crippen molar-refractivity contribution in [2.75, 3.05) is 11.9 Å². The van der Waals surface area contributed by atoms with Gasteiger partial charge in [0.15, 0.2) is 0 Å². The van der Waals surface area contributed by atoms with E-state index in [1.54, 1.807) is 13.0 Å². The van der Waals surface area contributed by atoms with Crippen LogP contribution in [0, 0.1) is 17.0 Å². The van der Waals surface area contributed by atoms with Gasteiger partial charge in [0.25, 0.3) is 11.6 Å². The third-order valence-electron chi connectivity index (χ3n) is 3.62. The first-order valence-corrected chi connectivity index (χ1v) is 7.78. The van der Waals surface area contributed by atoms with E-state index in [0.29, 0.717) is 17.4 Å². The zero-order valence-electron chi connectivity index (χ0n) is 11.3. The number of carbonyl (C=O) groups is 1. The maximum atomic E-state index is 12.6. The summed E-state index contributed by atoms with van der Waals surface area (Å²) in [6.07, 6.45) is 3.18. The molecule has 1 aromatic carbocycles. The largest absolute Gasteiger partial charge is 0.335 e. The fourth-order valence-corrected chi connectivity index (χ4v) is 2.78. The molecular formula is C14H17BrN2O3. The van der Waals surface area contributed by atoms with Crippen LogP contribution in [-0.4, -0.2) is 33.6 Å². The predicted molar refractivity (Wildman–Crippen MR) is 80.3 cm³/mol. The van der Waals surface area contributed by atoms with Gasteiger partial charge in [-0.3, -0.25) is 14.9 Å². The summed E-state index contributed by atoms with van der Waals surface area (Å²) >= 11 is 3.36. The van der Waals surface area contributed by atoms with Crippen LogP contribution in [0.1, 0.15) is 35.2 Å². The van der Waals surface area contributed by atoms with Crippen LogP contribution >= 0.6 is 15.9 Å². The Morgan fingerprint density at radius 2 is 2.15 bits per heavy atom. The van der Waals surface area contributed by atoms with Crippen LogP contribution in [0.5, 0.6) is 0 Å². The number of hydrogen-bond acceptors (Lipinski definition) is 3. The van der Waals surface area contributed by atoms with Crippen molar-refractivity contribution >= 4 is 27.5 Å². The lowest BCUT2D eigenvalue weighted by atomic mass is 9.91. The number of halogens is 1. The van der Waals surface area contributed by atoms with E-state index in [4.69, 9.17) is 0 Å². The molecule has 0 N–H and O–H groups in total. The Morgan fingerprint density at radius 3 is 2.65 bits per heavy atom. The normalized spacial score (nSPS) is 14.7. The van der Waals surface area contributed by atoms with Gasteiger partial charge in [-0.25, -0.2) is 0 Å². The van der Waals surface area contributed by atoms with Crippen LogP contribution in [0.4, 0.5) is 5.69 Å². The highest BCUT2D eigenvalue weighted by molar-refractivity contribution is 9.09. The molecule has 0 aliphatic heterocycles. The lowest BCUT2D eigenvalue weighted by Crippen LogP contribution is -2.45. The molecule has 1 aliphatic carbocycles. The molecule has 0 radical (unpaired) electrons. The smallest absolute Gasteiger partial charge is 0.270 e. The van der Waals surface area contributed by atoms with Gasteiger partial charge in [0.05, 0.1) is 4.92 Å². The topological polar surface area (TPSA) is 63.5 Å². The van der Waals surface area contributed by atoms with E-state index in [1.165, 1.54) is 12.1 Å². The molecule has 0 unspecified atom stereocenters. The number of non-ortho nitro benzene ring substituents is 1. The molecule has 1 aromatic rings. The Balaban J connectivity index is 2.28. The third-order valence-corrected chi connectivity index (χ3v) is 3.98. The third kappa shape index (κ3) is 3.17. The highest BCUT2D eigenvalue weighted by Gasteiger charge is 2.29. The monoisotopic (exact) mass is 340 g/mol. The fourth-order valence-electron chi connectivity index (χ4n) is 2.40. The van der Waals surface area contributed by atoms with Crippen LogP contribution in [-0.2, 0) is 0 Å². The molecule has 0 spiro atoms. The zero-order chi connectivity index (χ0) is 14.7. The lowest BCUT2D eigenvalue weighted by molar-refractivity contribution is -0.384. The Labute approximate surface area is 126 Å². The molecule has 20 heavy (non-hydrogen) atoms. The Bertz CT molecular complexity index is 529. The van der Waals surface area contributed by atoms with Crippen LogP contribution in [0.3, 0.4) is 0 Å². The van der Waals surface area contributed by atoms with Crippen molar-refractivity contribution in [3.8, 4) is 0 Å². The lowest BCUT2D eigenvalue weighted by Gasteiger charge is -2.37. The van der Waals surface area contributed by atoms with Gasteiger partial charge >= 0.3 is 0 Å². The van der Waals surface area contributed by atoms with Crippen LogP contribution < -0.4 is 0 Å². The Morgan fingerprint density at radius 1 is 1.45 bits per heavy atom. The predicted octanol–water partition coefficient (Wildman–Crippen LogP) is 3.29. The summed E-state index contributed by atoms with van der Waals surface area (Å²) < 4.78 is 0. The number of carbonyl (C=O) groups excluding carboxylic acids is 1. The van der Waals surface area contributed by atoms with Crippen molar-refractivity contribution < 1.29 is 9.72 Å². The standard InChI is InChI=1S/C14H17BrN2O3/c1-10-7-11(9-13(8-10)17(19)20)14(18)16(6-5-15)12-3-2-4-12/h7-9,12H,2-6H2,1H3. The second-order valence-electron chi connectivity index (χ2n) is 5.09. The quantitative estimate of drug-likeness (QED) is 0.469. The molecule has 0 heterocycles. The minimum absolute atomic E-state index is 0.0271. The van der Waals surface area contributed by atoms with Crippen molar-refractivity contribution in [3.05, 3.63) is 39.4 Å². The summed E-state index contributed by atoms with van der Waals surface area (Å²) in [5, 5.41) is 11.6. The summed E-state index contributed by atoms with van der Waals surface area (Å²) in [4.78, 5) is 24.9. The van der Waals surface area contributed by atoms with Crippen LogP contribution in [0.2, 0.25) is 0 Å². The van der Waals surface area contributed by atoms with E-state index < -0.39 is 4.92 Å². The van der Waals surface area contributed by atoms with E-state index >= 15 is 0 Å². The summed E-state index contributed by atoms with van der Waals surface area (Å²) in [5.74, 6) is -0.110. The number of amides is 1. The molecule has 1 aliphatic rings. The highest BCUT2D eigenvalue weighted by atomic mass is 79.9. The number of nitro benzene ring substituents is 1. The minimum atomic E-state index is -0.456. The molecule has 0 saturated heterocycles. The van der Waals surface area contributed by atoms with Gasteiger partial charge in [0.2, 0.25) is 0 Å². The van der Waals surface area contributed by atoms with Gasteiger partial charge in [-0.05, 0) is 37.8 Å². The molecule has 6 heteroatoms. The van der Waals surface area contributed by atoms with Crippen LogP contribution in [0.15, 0.2) is 18.2 Å². The van der Waals surface area contributed by atoms with E-state index in [-0.39, 0.29) is 17.6 Å². The van der Waals surface area contributed by atoms with E-state index in [0.717, 1.165) is 24.8 Å². The first-order valence-electron chi connectivity index (χ1n) is 6.66. The number of benzene rings is 1. The number of nitro groups is 1. The van der Waals surface area contributed by atoms with E-state index in [9.17, 15) is 14.9 Å². The molecule has 2 rings (SSSR count). The van der Waals surface area contributed by atoms with Crippen molar-refractivity contribution in [2.24, 2.45) is 0 Å². The molecular weight excluding hydrogens is 324 g/mol. The maximum absolute atomic E-state index is 12.6. The number of rotatable bonds is 5. The molecule has 5 nitrogen and oxygen atoms in total. The second-order valence-corrected chi connectivity index (χ2v) is 5.88. The molecule has 0 atom stereocenters. The summed E-state index contributed by atoms with van der Waals surface area (Å²) in [6, 6.07) is 4.85. The highest BCUT2D eigenvalue weighted by Crippen LogP contribution is 2.27. The minimum Gasteiger partial charge on any atom is -0.335 e. The summed E-state index contributed by atoms with van der Waals surface area (Å²) in [7, 11) is 0. The number of alkyl halides is 1. The van der Waals surface area contributed by atoms with Gasteiger partial charge in [0.1, 0.15) is 0 Å². The van der Waals surface area contributed by atoms with Crippen molar-refractivity contribution in [3.63, 3.8) is 0 Å². The number of nitrogens with zero attached hydrogens (tertiary/aromatic N) is 2. The molecule has 0 aromatic heterocycles. The van der Waals surface area contributed by atoms with E-state index in [1.807, 2.05) is 4.90 Å². The number of aryl methyl sites for hydroxylation is 1. The van der Waals surface area contributed by atoms with Gasteiger partial charge in [-0.15, -0.1) is 0 Å². The first-order chi connectivity index (χ1) is 9.52. The first kappa shape index (κ1) is 15.0. The molecule has 1 fully saturated rings. The van der Waals surface area contributed by atoms with E-state index in [2.05, 4.69) is 15.9 Å². The van der Waals surface area contributed by atoms with Gasteiger partial charge in [0, 0.05) is 35.6 Å². The molecule has 1 saturated carbocycles. The average Bonchev–Trinajstić information content (AvgIpc) is 2.34. The van der Waals surface area contributed by atoms with Gasteiger partial charge < -0.3 is 4.90 Å². The van der Waals surface area contributed by atoms with Gasteiger partial charge in [-0.2, -0.15) is 0 Å². The van der Waals surface area contributed by atoms with Crippen molar-refractivity contribution in [2.45, 2.75) is 32.2 Å². The number of hydrogen-bond donors (Lipinski definition) is 0. The SMILES string of the molecule is Cc1cc(C(=O)N(CCBr)C2CCC2)cc([N+](=O)[O-])c1. The van der Waals surface area contributed by atoms with Crippen LogP contribution in [0.25, 0.3) is 0 Å².